The van der Waals surface area contributed by atoms with Crippen molar-refractivity contribution in [3.63, 3.8) is 0 Å². The van der Waals surface area contributed by atoms with E-state index in [2.05, 4.69) is 10.1 Å². The molecule has 18 heavy (non-hydrogen) atoms. The van der Waals surface area contributed by atoms with Gasteiger partial charge in [0.05, 0.1) is 6.61 Å². The molecule has 1 atom stereocenters. The van der Waals surface area contributed by atoms with Crippen LogP contribution in [0.3, 0.4) is 0 Å². The SMILES string of the molecule is CCC(O)c1noc(-c2ccc3c(c2)CCO3)n1. The van der Waals surface area contributed by atoms with Crippen molar-refractivity contribution in [3.05, 3.63) is 29.6 Å². The van der Waals surface area contributed by atoms with E-state index in [0.717, 1.165) is 29.9 Å². The molecule has 3 rings (SSSR count). The summed E-state index contributed by atoms with van der Waals surface area (Å²) in [5.41, 5.74) is 2.02. The summed E-state index contributed by atoms with van der Waals surface area (Å²) in [5, 5.41) is 13.4. The number of ether oxygens (including phenoxy) is 1. The van der Waals surface area contributed by atoms with Crippen LogP contribution in [0.15, 0.2) is 22.7 Å². The Labute approximate surface area is 104 Å². The van der Waals surface area contributed by atoms with E-state index in [1.165, 1.54) is 0 Å². The van der Waals surface area contributed by atoms with Gasteiger partial charge in [0.15, 0.2) is 0 Å². The maximum absolute atomic E-state index is 9.64. The molecule has 1 aliphatic heterocycles. The molecular weight excluding hydrogens is 232 g/mol. The lowest BCUT2D eigenvalue weighted by Gasteiger charge is -2.00. The number of rotatable bonds is 3. The van der Waals surface area contributed by atoms with E-state index in [1.54, 1.807) is 0 Å². The van der Waals surface area contributed by atoms with Crippen LogP contribution in [0.25, 0.3) is 11.5 Å². The minimum atomic E-state index is -0.666. The molecule has 94 valence electrons. The first-order valence-corrected chi connectivity index (χ1v) is 6.05. The Kier molecular flexibility index (Phi) is 2.76. The molecule has 1 aliphatic rings. The molecule has 0 fully saturated rings. The van der Waals surface area contributed by atoms with Crippen molar-refractivity contribution in [1.29, 1.82) is 0 Å². The fraction of sp³-hybridized carbons (Fsp3) is 0.385. The largest absolute Gasteiger partial charge is 0.493 e. The van der Waals surface area contributed by atoms with Gasteiger partial charge in [-0.3, -0.25) is 0 Å². The van der Waals surface area contributed by atoms with Gasteiger partial charge in [-0.2, -0.15) is 4.98 Å². The second kappa shape index (κ2) is 4.42. The Morgan fingerprint density at radius 1 is 1.44 bits per heavy atom. The highest BCUT2D eigenvalue weighted by Crippen LogP contribution is 2.30. The molecule has 1 unspecified atom stereocenters. The molecule has 1 aromatic heterocycles. The van der Waals surface area contributed by atoms with Gasteiger partial charge in [0.25, 0.3) is 5.89 Å². The number of nitrogens with zero attached hydrogens (tertiary/aromatic N) is 2. The average Bonchev–Trinajstić information content (AvgIpc) is 3.05. The minimum Gasteiger partial charge on any atom is -0.493 e. The van der Waals surface area contributed by atoms with E-state index >= 15 is 0 Å². The molecule has 0 radical (unpaired) electrons. The number of aliphatic hydroxyl groups excluding tert-OH is 1. The fourth-order valence-electron chi connectivity index (χ4n) is 1.99. The molecular formula is C13H14N2O3. The summed E-state index contributed by atoms with van der Waals surface area (Å²) >= 11 is 0. The van der Waals surface area contributed by atoms with Gasteiger partial charge in [-0.1, -0.05) is 12.1 Å². The van der Waals surface area contributed by atoms with Gasteiger partial charge >= 0.3 is 0 Å². The molecule has 0 bridgehead atoms. The number of benzene rings is 1. The standard InChI is InChI=1S/C13H14N2O3/c1-2-10(16)12-14-13(18-15-12)9-3-4-11-8(7-9)5-6-17-11/h3-4,7,10,16H,2,5-6H2,1H3. The smallest absolute Gasteiger partial charge is 0.258 e. The van der Waals surface area contributed by atoms with Gasteiger partial charge in [0.1, 0.15) is 11.9 Å². The molecule has 5 heteroatoms. The Morgan fingerprint density at radius 3 is 3.17 bits per heavy atom. The highest BCUT2D eigenvalue weighted by molar-refractivity contribution is 5.58. The van der Waals surface area contributed by atoms with Crippen molar-refractivity contribution in [1.82, 2.24) is 10.1 Å². The molecule has 2 heterocycles. The van der Waals surface area contributed by atoms with Gasteiger partial charge in [-0.25, -0.2) is 0 Å². The summed E-state index contributed by atoms with van der Waals surface area (Å²) in [7, 11) is 0. The van der Waals surface area contributed by atoms with E-state index in [1.807, 2.05) is 25.1 Å². The van der Waals surface area contributed by atoms with Crippen molar-refractivity contribution in [2.24, 2.45) is 0 Å². The monoisotopic (exact) mass is 246 g/mol. The zero-order valence-corrected chi connectivity index (χ0v) is 10.1. The van der Waals surface area contributed by atoms with Crippen LogP contribution in [-0.4, -0.2) is 21.9 Å². The molecule has 0 spiro atoms. The Morgan fingerprint density at radius 2 is 2.33 bits per heavy atom. The molecule has 0 amide bonds. The lowest BCUT2D eigenvalue weighted by Crippen LogP contribution is -1.97. The van der Waals surface area contributed by atoms with Gasteiger partial charge in [-0.05, 0) is 30.2 Å². The van der Waals surface area contributed by atoms with Gasteiger partial charge < -0.3 is 14.4 Å². The predicted octanol–water partition coefficient (Wildman–Crippen LogP) is 2.11. The second-order valence-corrected chi connectivity index (χ2v) is 4.30. The summed E-state index contributed by atoms with van der Waals surface area (Å²) in [5.74, 6) is 1.70. The van der Waals surface area contributed by atoms with E-state index < -0.39 is 6.10 Å². The third-order valence-corrected chi connectivity index (χ3v) is 3.06. The van der Waals surface area contributed by atoms with Crippen LogP contribution in [0.2, 0.25) is 0 Å². The van der Waals surface area contributed by atoms with Crippen LogP contribution in [0.5, 0.6) is 5.75 Å². The maximum atomic E-state index is 9.64. The van der Waals surface area contributed by atoms with Crippen LogP contribution >= 0.6 is 0 Å². The fourth-order valence-corrected chi connectivity index (χ4v) is 1.99. The Bertz CT molecular complexity index is 565. The third-order valence-electron chi connectivity index (χ3n) is 3.06. The van der Waals surface area contributed by atoms with E-state index in [-0.39, 0.29) is 0 Å². The number of hydrogen-bond donors (Lipinski definition) is 1. The lowest BCUT2D eigenvalue weighted by molar-refractivity contribution is 0.159. The van der Waals surface area contributed by atoms with Crippen LogP contribution in [0.1, 0.15) is 30.8 Å². The number of hydrogen-bond acceptors (Lipinski definition) is 5. The summed E-state index contributed by atoms with van der Waals surface area (Å²) in [6.45, 7) is 2.59. The normalized spacial score (nSPS) is 15.2. The summed E-state index contributed by atoms with van der Waals surface area (Å²) in [6, 6.07) is 5.80. The third kappa shape index (κ3) is 1.86. The zero-order chi connectivity index (χ0) is 12.5. The van der Waals surface area contributed by atoms with Crippen molar-refractivity contribution >= 4 is 0 Å². The number of aromatic nitrogens is 2. The highest BCUT2D eigenvalue weighted by Gasteiger charge is 2.17. The van der Waals surface area contributed by atoms with Crippen molar-refractivity contribution in [2.45, 2.75) is 25.9 Å². The molecule has 5 nitrogen and oxygen atoms in total. The Hall–Kier alpha value is -1.88. The molecule has 0 saturated heterocycles. The van der Waals surface area contributed by atoms with Crippen LogP contribution in [-0.2, 0) is 6.42 Å². The Balaban J connectivity index is 1.92. The first-order valence-electron chi connectivity index (χ1n) is 6.05. The van der Waals surface area contributed by atoms with E-state index in [0.29, 0.717) is 18.1 Å². The van der Waals surface area contributed by atoms with Crippen LogP contribution in [0, 0.1) is 0 Å². The first-order chi connectivity index (χ1) is 8.78. The van der Waals surface area contributed by atoms with Crippen molar-refractivity contribution < 1.29 is 14.4 Å². The summed E-state index contributed by atoms with van der Waals surface area (Å²) in [4.78, 5) is 4.21. The first kappa shape index (κ1) is 11.2. The molecule has 2 aromatic rings. The number of fused-ring (bicyclic) bond motifs is 1. The highest BCUT2D eigenvalue weighted by atomic mass is 16.5. The van der Waals surface area contributed by atoms with Crippen molar-refractivity contribution in [3.8, 4) is 17.2 Å². The van der Waals surface area contributed by atoms with Gasteiger partial charge in [-0.15, -0.1) is 0 Å². The van der Waals surface area contributed by atoms with Crippen LogP contribution in [0.4, 0.5) is 0 Å². The van der Waals surface area contributed by atoms with E-state index in [9.17, 15) is 5.11 Å². The lowest BCUT2D eigenvalue weighted by atomic mass is 10.1. The van der Waals surface area contributed by atoms with Crippen molar-refractivity contribution in [2.75, 3.05) is 6.61 Å². The summed E-state index contributed by atoms with van der Waals surface area (Å²) in [6.07, 6.45) is 0.805. The number of aliphatic hydroxyl groups is 1. The zero-order valence-electron chi connectivity index (χ0n) is 10.1. The molecule has 0 aliphatic carbocycles. The summed E-state index contributed by atoms with van der Waals surface area (Å²) < 4.78 is 10.6. The molecule has 1 aromatic carbocycles. The topological polar surface area (TPSA) is 68.4 Å². The quantitative estimate of drug-likeness (QED) is 0.898. The second-order valence-electron chi connectivity index (χ2n) is 4.30. The average molecular weight is 246 g/mol. The molecule has 0 saturated carbocycles. The maximum Gasteiger partial charge on any atom is 0.258 e. The van der Waals surface area contributed by atoms with Gasteiger partial charge in [0, 0.05) is 12.0 Å². The predicted molar refractivity (Wildman–Crippen MR) is 64.2 cm³/mol. The van der Waals surface area contributed by atoms with E-state index in [4.69, 9.17) is 9.26 Å². The molecule has 1 N–H and O–H groups in total. The van der Waals surface area contributed by atoms with Gasteiger partial charge in [0.2, 0.25) is 5.82 Å². The van der Waals surface area contributed by atoms with Crippen LogP contribution < -0.4 is 4.74 Å². The minimum absolute atomic E-state index is 0.337.